The van der Waals surface area contributed by atoms with Crippen LogP contribution in [-0.2, 0) is 0 Å². The Bertz CT molecular complexity index is 636. The van der Waals surface area contributed by atoms with Gasteiger partial charge in [0.1, 0.15) is 11.9 Å². The van der Waals surface area contributed by atoms with Gasteiger partial charge in [0.15, 0.2) is 0 Å². The van der Waals surface area contributed by atoms with Crippen molar-refractivity contribution >= 4 is 33.4 Å². The SMILES string of the molecule is CCCNc1ncc(Br)c(Nc2ccccc2C#N)n1. The van der Waals surface area contributed by atoms with E-state index < -0.39 is 0 Å². The molecule has 0 radical (unpaired) electrons. The average molecular weight is 332 g/mol. The molecule has 0 aliphatic carbocycles. The van der Waals surface area contributed by atoms with Crippen molar-refractivity contribution in [3.8, 4) is 6.07 Å². The first-order valence-corrected chi connectivity index (χ1v) is 7.06. The zero-order valence-electron chi connectivity index (χ0n) is 11.0. The summed E-state index contributed by atoms with van der Waals surface area (Å²) in [4.78, 5) is 8.58. The molecule has 0 bridgehead atoms. The molecule has 1 aromatic carbocycles. The van der Waals surface area contributed by atoms with Crippen molar-refractivity contribution in [2.24, 2.45) is 0 Å². The normalized spacial score (nSPS) is 9.85. The van der Waals surface area contributed by atoms with Gasteiger partial charge < -0.3 is 10.6 Å². The number of nitrogens with one attached hydrogen (secondary N) is 2. The maximum absolute atomic E-state index is 9.09. The lowest BCUT2D eigenvalue weighted by atomic mass is 10.2. The van der Waals surface area contributed by atoms with Crippen LogP contribution in [-0.4, -0.2) is 16.5 Å². The lowest BCUT2D eigenvalue weighted by Crippen LogP contribution is -2.06. The highest BCUT2D eigenvalue weighted by atomic mass is 79.9. The van der Waals surface area contributed by atoms with Crippen LogP contribution in [0.1, 0.15) is 18.9 Å². The zero-order chi connectivity index (χ0) is 14.4. The van der Waals surface area contributed by atoms with E-state index in [4.69, 9.17) is 5.26 Å². The number of rotatable bonds is 5. The van der Waals surface area contributed by atoms with Crippen molar-refractivity contribution in [3.63, 3.8) is 0 Å². The van der Waals surface area contributed by atoms with Crippen molar-refractivity contribution in [3.05, 3.63) is 40.5 Å². The summed E-state index contributed by atoms with van der Waals surface area (Å²) in [6, 6.07) is 9.44. The van der Waals surface area contributed by atoms with Gasteiger partial charge in [0.25, 0.3) is 0 Å². The van der Waals surface area contributed by atoms with Crippen LogP contribution in [0.15, 0.2) is 34.9 Å². The Morgan fingerprint density at radius 3 is 2.90 bits per heavy atom. The fourth-order valence-corrected chi connectivity index (χ4v) is 1.88. The van der Waals surface area contributed by atoms with Crippen LogP contribution in [0.25, 0.3) is 0 Å². The van der Waals surface area contributed by atoms with Crippen LogP contribution < -0.4 is 10.6 Å². The number of nitriles is 1. The molecule has 1 heterocycles. The summed E-state index contributed by atoms with van der Waals surface area (Å²) in [6.07, 6.45) is 2.68. The molecule has 2 aromatic rings. The Labute approximate surface area is 126 Å². The minimum Gasteiger partial charge on any atom is -0.354 e. The molecule has 0 saturated carbocycles. The second-order valence-corrected chi connectivity index (χ2v) is 4.95. The Morgan fingerprint density at radius 1 is 1.35 bits per heavy atom. The first-order valence-electron chi connectivity index (χ1n) is 6.27. The number of nitrogens with zero attached hydrogens (tertiary/aromatic N) is 3. The number of benzene rings is 1. The Morgan fingerprint density at radius 2 is 2.15 bits per heavy atom. The van der Waals surface area contributed by atoms with E-state index in [0.29, 0.717) is 17.3 Å². The monoisotopic (exact) mass is 331 g/mol. The summed E-state index contributed by atoms with van der Waals surface area (Å²) >= 11 is 3.40. The van der Waals surface area contributed by atoms with Gasteiger partial charge in [0.05, 0.1) is 15.7 Å². The van der Waals surface area contributed by atoms with Crippen LogP contribution in [0.4, 0.5) is 17.5 Å². The highest BCUT2D eigenvalue weighted by Crippen LogP contribution is 2.25. The topological polar surface area (TPSA) is 73.6 Å². The molecule has 0 unspecified atom stereocenters. The first-order chi connectivity index (χ1) is 9.74. The Hall–Kier alpha value is -2.13. The van der Waals surface area contributed by atoms with Crippen molar-refractivity contribution < 1.29 is 0 Å². The second kappa shape index (κ2) is 6.87. The van der Waals surface area contributed by atoms with E-state index in [1.54, 1.807) is 12.3 Å². The first kappa shape index (κ1) is 14.3. The van der Waals surface area contributed by atoms with Crippen molar-refractivity contribution in [1.29, 1.82) is 5.26 Å². The molecule has 6 heteroatoms. The quantitative estimate of drug-likeness (QED) is 0.874. The summed E-state index contributed by atoms with van der Waals surface area (Å²) in [5, 5.41) is 15.4. The molecule has 0 saturated heterocycles. The predicted octanol–water partition coefficient (Wildman–Crippen LogP) is 3.68. The van der Waals surface area contributed by atoms with Crippen LogP contribution >= 0.6 is 15.9 Å². The smallest absolute Gasteiger partial charge is 0.224 e. The molecular formula is C14H14BrN5. The van der Waals surface area contributed by atoms with Crippen molar-refractivity contribution in [2.75, 3.05) is 17.2 Å². The number of aromatic nitrogens is 2. The van der Waals surface area contributed by atoms with Crippen molar-refractivity contribution in [2.45, 2.75) is 13.3 Å². The fourth-order valence-electron chi connectivity index (χ4n) is 1.59. The van der Waals surface area contributed by atoms with Gasteiger partial charge in [-0.25, -0.2) is 4.98 Å². The molecule has 2 N–H and O–H groups in total. The van der Waals surface area contributed by atoms with Gasteiger partial charge in [0, 0.05) is 12.7 Å². The third-order valence-electron chi connectivity index (χ3n) is 2.58. The van der Waals surface area contributed by atoms with Gasteiger partial charge >= 0.3 is 0 Å². The van der Waals surface area contributed by atoms with Gasteiger partial charge in [-0.05, 0) is 34.5 Å². The number of halogens is 1. The van der Waals surface area contributed by atoms with Crippen LogP contribution in [0.5, 0.6) is 0 Å². The minimum atomic E-state index is 0.562. The molecule has 0 aliphatic rings. The van der Waals surface area contributed by atoms with Gasteiger partial charge in [-0.15, -0.1) is 0 Å². The highest BCUT2D eigenvalue weighted by Gasteiger charge is 2.07. The maximum Gasteiger partial charge on any atom is 0.224 e. The molecule has 0 aliphatic heterocycles. The maximum atomic E-state index is 9.09. The molecular weight excluding hydrogens is 318 g/mol. The van der Waals surface area contributed by atoms with E-state index in [1.807, 2.05) is 18.2 Å². The third-order valence-corrected chi connectivity index (χ3v) is 3.16. The zero-order valence-corrected chi connectivity index (χ0v) is 12.6. The Balaban J connectivity index is 2.26. The minimum absolute atomic E-state index is 0.562. The van der Waals surface area contributed by atoms with Crippen molar-refractivity contribution in [1.82, 2.24) is 9.97 Å². The number of hydrogen-bond acceptors (Lipinski definition) is 5. The molecule has 20 heavy (non-hydrogen) atoms. The van der Waals surface area contributed by atoms with E-state index in [9.17, 15) is 0 Å². The van der Waals surface area contributed by atoms with E-state index in [1.165, 1.54) is 0 Å². The van der Waals surface area contributed by atoms with E-state index in [2.05, 4.69) is 49.5 Å². The molecule has 102 valence electrons. The molecule has 0 fully saturated rings. The predicted molar refractivity (Wildman–Crippen MR) is 83.0 cm³/mol. The number of anilines is 3. The number of para-hydroxylation sites is 1. The second-order valence-electron chi connectivity index (χ2n) is 4.10. The summed E-state index contributed by atoms with van der Waals surface area (Å²) < 4.78 is 0.743. The molecule has 0 amide bonds. The number of hydrogen-bond donors (Lipinski definition) is 2. The van der Waals surface area contributed by atoms with Crippen LogP contribution in [0, 0.1) is 11.3 Å². The van der Waals surface area contributed by atoms with Crippen LogP contribution in [0.2, 0.25) is 0 Å². The lowest BCUT2D eigenvalue weighted by Gasteiger charge is -2.10. The standard InChI is InChI=1S/C14H14BrN5/c1-2-7-17-14-18-9-11(15)13(20-14)19-12-6-4-3-5-10(12)8-16/h3-6,9H,2,7H2,1H3,(H2,17,18,19,20). The van der Waals surface area contributed by atoms with Gasteiger partial charge in [0.2, 0.25) is 5.95 Å². The summed E-state index contributed by atoms with van der Waals surface area (Å²) in [6.45, 7) is 2.89. The highest BCUT2D eigenvalue weighted by molar-refractivity contribution is 9.10. The molecule has 0 atom stereocenters. The lowest BCUT2D eigenvalue weighted by molar-refractivity contribution is 0.952. The fraction of sp³-hybridized carbons (Fsp3) is 0.214. The summed E-state index contributed by atoms with van der Waals surface area (Å²) in [5.41, 5.74) is 1.29. The average Bonchev–Trinajstić information content (AvgIpc) is 2.48. The van der Waals surface area contributed by atoms with Crippen LogP contribution in [0.3, 0.4) is 0 Å². The largest absolute Gasteiger partial charge is 0.354 e. The Kier molecular flexibility index (Phi) is 4.91. The molecule has 1 aromatic heterocycles. The summed E-state index contributed by atoms with van der Waals surface area (Å²) in [7, 11) is 0. The van der Waals surface area contributed by atoms with Gasteiger partial charge in [-0.1, -0.05) is 19.1 Å². The molecule has 5 nitrogen and oxygen atoms in total. The van der Waals surface area contributed by atoms with E-state index >= 15 is 0 Å². The molecule has 2 rings (SSSR count). The summed E-state index contributed by atoms with van der Waals surface area (Å²) in [5.74, 6) is 1.19. The molecule has 0 spiro atoms. The van der Waals surface area contributed by atoms with E-state index in [0.717, 1.165) is 23.1 Å². The third kappa shape index (κ3) is 3.45. The van der Waals surface area contributed by atoms with E-state index in [-0.39, 0.29) is 0 Å². The van der Waals surface area contributed by atoms with Gasteiger partial charge in [-0.3, -0.25) is 0 Å². The van der Waals surface area contributed by atoms with Gasteiger partial charge in [-0.2, -0.15) is 10.2 Å².